The number of aromatic nitrogens is 1. The number of ether oxygens (including phenoxy) is 1. The topological polar surface area (TPSA) is 62.7 Å². The van der Waals surface area contributed by atoms with Gasteiger partial charge in [-0.1, -0.05) is 18.5 Å². The van der Waals surface area contributed by atoms with Gasteiger partial charge < -0.3 is 14.7 Å². The van der Waals surface area contributed by atoms with Crippen molar-refractivity contribution >= 4 is 23.4 Å². The van der Waals surface area contributed by atoms with Gasteiger partial charge in [-0.15, -0.1) is 0 Å². The van der Waals surface area contributed by atoms with Crippen LogP contribution in [-0.2, 0) is 4.74 Å². The van der Waals surface area contributed by atoms with Crippen LogP contribution in [0.1, 0.15) is 30.6 Å². The minimum atomic E-state index is -1.02. The number of carboxylic acid groups (broad SMARTS) is 1. The fraction of sp³-hybridized carbons (Fsp3) is 0.538. The van der Waals surface area contributed by atoms with Crippen molar-refractivity contribution in [3.63, 3.8) is 0 Å². The van der Waals surface area contributed by atoms with Gasteiger partial charge in [0.1, 0.15) is 5.82 Å². The molecule has 1 aromatic heterocycles. The van der Waals surface area contributed by atoms with Crippen LogP contribution < -0.4 is 4.90 Å². The van der Waals surface area contributed by atoms with Crippen LogP contribution in [0.2, 0.25) is 5.02 Å². The van der Waals surface area contributed by atoms with Crippen molar-refractivity contribution in [1.82, 2.24) is 4.98 Å². The highest BCUT2D eigenvalue weighted by molar-refractivity contribution is 6.33. The number of carboxylic acids is 1. The largest absolute Gasteiger partial charge is 0.478 e. The second kappa shape index (κ2) is 5.75. The zero-order valence-corrected chi connectivity index (χ0v) is 11.7. The van der Waals surface area contributed by atoms with Gasteiger partial charge >= 0.3 is 5.97 Å². The van der Waals surface area contributed by atoms with Crippen LogP contribution in [0.5, 0.6) is 0 Å². The fourth-order valence-corrected chi connectivity index (χ4v) is 2.48. The molecule has 1 saturated heterocycles. The van der Waals surface area contributed by atoms with Crippen LogP contribution in [-0.4, -0.2) is 41.4 Å². The average Bonchev–Trinajstić information content (AvgIpc) is 2.38. The van der Waals surface area contributed by atoms with Crippen LogP contribution >= 0.6 is 11.6 Å². The van der Waals surface area contributed by atoms with E-state index in [1.54, 1.807) is 0 Å². The smallest absolute Gasteiger partial charge is 0.337 e. The monoisotopic (exact) mass is 284 g/mol. The molecule has 0 saturated carbocycles. The molecule has 2 unspecified atom stereocenters. The van der Waals surface area contributed by atoms with Crippen molar-refractivity contribution in [3.05, 3.63) is 22.8 Å². The number of hydrogen-bond donors (Lipinski definition) is 1. The summed E-state index contributed by atoms with van der Waals surface area (Å²) in [6, 6.07) is 1.66. The summed E-state index contributed by atoms with van der Waals surface area (Å²) in [6.45, 7) is 5.42. The van der Waals surface area contributed by atoms with Gasteiger partial charge in [-0.05, 0) is 19.4 Å². The molecule has 19 heavy (non-hydrogen) atoms. The summed E-state index contributed by atoms with van der Waals surface area (Å²) in [7, 11) is 0. The van der Waals surface area contributed by atoms with E-state index < -0.39 is 5.97 Å². The summed E-state index contributed by atoms with van der Waals surface area (Å²) in [5.74, 6) is -0.392. The number of pyridine rings is 1. The number of carbonyl (C=O) groups is 1. The Morgan fingerprint density at radius 1 is 1.68 bits per heavy atom. The van der Waals surface area contributed by atoms with E-state index in [0.29, 0.717) is 24.0 Å². The fourth-order valence-electron chi connectivity index (χ4n) is 2.20. The van der Waals surface area contributed by atoms with E-state index in [4.69, 9.17) is 21.4 Å². The molecule has 0 aliphatic carbocycles. The first-order valence-corrected chi connectivity index (χ1v) is 6.67. The van der Waals surface area contributed by atoms with E-state index in [-0.39, 0.29) is 17.7 Å². The van der Waals surface area contributed by atoms with Gasteiger partial charge in [-0.2, -0.15) is 0 Å². The lowest BCUT2D eigenvalue weighted by atomic mass is 10.1. The lowest BCUT2D eigenvalue weighted by molar-refractivity contribution is 0.0296. The molecule has 1 aromatic rings. The highest BCUT2D eigenvalue weighted by Crippen LogP contribution is 2.29. The van der Waals surface area contributed by atoms with Crippen molar-refractivity contribution in [2.24, 2.45) is 0 Å². The van der Waals surface area contributed by atoms with Crippen LogP contribution in [0.4, 0.5) is 5.82 Å². The molecule has 0 radical (unpaired) electrons. The third-order valence-electron chi connectivity index (χ3n) is 3.28. The predicted molar refractivity (Wildman–Crippen MR) is 73.0 cm³/mol. The molecule has 104 valence electrons. The lowest BCUT2D eigenvalue weighted by Crippen LogP contribution is -2.49. The number of aromatic carboxylic acids is 1. The molecule has 0 spiro atoms. The Balaban J connectivity index is 2.31. The number of rotatable bonds is 3. The average molecular weight is 285 g/mol. The van der Waals surface area contributed by atoms with Gasteiger partial charge in [0.25, 0.3) is 0 Å². The standard InChI is InChI=1S/C13H17ClN2O3/c1-3-10-7-19-8(2)6-16(10)12-11(14)4-9(5-15-12)13(17)18/h4-5,8,10H,3,6-7H2,1-2H3,(H,17,18). The van der Waals surface area contributed by atoms with E-state index in [2.05, 4.69) is 16.8 Å². The number of anilines is 1. The van der Waals surface area contributed by atoms with Gasteiger partial charge in [0, 0.05) is 12.7 Å². The first kappa shape index (κ1) is 14.1. The highest BCUT2D eigenvalue weighted by Gasteiger charge is 2.28. The zero-order valence-electron chi connectivity index (χ0n) is 11.0. The Labute approximate surface area is 117 Å². The van der Waals surface area contributed by atoms with Crippen molar-refractivity contribution in [2.75, 3.05) is 18.1 Å². The van der Waals surface area contributed by atoms with Crippen LogP contribution in [0, 0.1) is 0 Å². The molecule has 6 heteroatoms. The Morgan fingerprint density at radius 2 is 2.42 bits per heavy atom. The molecule has 0 aromatic carbocycles. The maximum absolute atomic E-state index is 10.9. The van der Waals surface area contributed by atoms with Crippen molar-refractivity contribution in [1.29, 1.82) is 0 Å². The summed E-state index contributed by atoms with van der Waals surface area (Å²) < 4.78 is 5.63. The van der Waals surface area contributed by atoms with E-state index in [0.717, 1.165) is 6.42 Å². The Hall–Kier alpha value is -1.33. The van der Waals surface area contributed by atoms with E-state index in [1.807, 2.05) is 6.92 Å². The molecule has 2 atom stereocenters. The van der Waals surface area contributed by atoms with Gasteiger partial charge in [-0.25, -0.2) is 9.78 Å². The molecular formula is C13H17ClN2O3. The molecule has 2 heterocycles. The minimum Gasteiger partial charge on any atom is -0.478 e. The summed E-state index contributed by atoms with van der Waals surface area (Å²) >= 11 is 6.17. The van der Waals surface area contributed by atoms with Crippen molar-refractivity contribution in [2.45, 2.75) is 32.4 Å². The number of halogens is 1. The van der Waals surface area contributed by atoms with E-state index >= 15 is 0 Å². The summed E-state index contributed by atoms with van der Waals surface area (Å²) in [4.78, 5) is 17.2. The Morgan fingerprint density at radius 3 is 3.00 bits per heavy atom. The van der Waals surface area contributed by atoms with Gasteiger partial charge in [0.2, 0.25) is 0 Å². The number of nitrogens with zero attached hydrogens (tertiary/aromatic N) is 2. The maximum Gasteiger partial charge on any atom is 0.337 e. The number of hydrogen-bond acceptors (Lipinski definition) is 4. The first-order chi connectivity index (χ1) is 9.02. The molecule has 1 fully saturated rings. The van der Waals surface area contributed by atoms with E-state index in [1.165, 1.54) is 12.3 Å². The quantitative estimate of drug-likeness (QED) is 0.924. The Bertz CT molecular complexity index is 481. The third kappa shape index (κ3) is 2.98. The van der Waals surface area contributed by atoms with Crippen molar-refractivity contribution < 1.29 is 14.6 Å². The normalized spacial score (nSPS) is 23.4. The molecule has 1 N–H and O–H groups in total. The minimum absolute atomic E-state index is 0.100. The molecular weight excluding hydrogens is 268 g/mol. The number of morpholine rings is 1. The van der Waals surface area contributed by atoms with E-state index in [9.17, 15) is 4.79 Å². The van der Waals surface area contributed by atoms with Gasteiger partial charge in [-0.3, -0.25) is 0 Å². The molecule has 0 amide bonds. The molecule has 1 aliphatic heterocycles. The summed E-state index contributed by atoms with van der Waals surface area (Å²) in [6.07, 6.45) is 2.38. The second-order valence-electron chi connectivity index (χ2n) is 4.69. The second-order valence-corrected chi connectivity index (χ2v) is 5.10. The summed E-state index contributed by atoms with van der Waals surface area (Å²) in [5.41, 5.74) is 0.100. The highest BCUT2D eigenvalue weighted by atomic mass is 35.5. The SMILES string of the molecule is CCC1COC(C)CN1c1ncc(C(=O)O)cc1Cl. The lowest BCUT2D eigenvalue weighted by Gasteiger charge is -2.39. The van der Waals surface area contributed by atoms with Crippen LogP contribution in [0.15, 0.2) is 12.3 Å². The van der Waals surface area contributed by atoms with Crippen LogP contribution in [0.3, 0.4) is 0 Å². The van der Waals surface area contributed by atoms with Crippen molar-refractivity contribution in [3.8, 4) is 0 Å². The first-order valence-electron chi connectivity index (χ1n) is 6.30. The van der Waals surface area contributed by atoms with Crippen LogP contribution in [0.25, 0.3) is 0 Å². The van der Waals surface area contributed by atoms with Gasteiger partial charge in [0.15, 0.2) is 0 Å². The molecule has 2 rings (SSSR count). The molecule has 5 nitrogen and oxygen atoms in total. The predicted octanol–water partition coefficient (Wildman–Crippen LogP) is 2.44. The van der Waals surface area contributed by atoms with Gasteiger partial charge in [0.05, 0.1) is 29.3 Å². The zero-order chi connectivity index (χ0) is 14.0. The summed E-state index contributed by atoms with van der Waals surface area (Å²) in [5, 5.41) is 9.29. The maximum atomic E-state index is 10.9. The third-order valence-corrected chi connectivity index (χ3v) is 3.56. The molecule has 1 aliphatic rings. The Kier molecular flexibility index (Phi) is 4.27. The molecule has 0 bridgehead atoms.